The van der Waals surface area contributed by atoms with Gasteiger partial charge < -0.3 is 15.1 Å². The first-order valence-electron chi connectivity index (χ1n) is 6.55. The molecule has 1 amide bonds. The highest BCUT2D eigenvalue weighted by molar-refractivity contribution is 5.84. The van der Waals surface area contributed by atoms with Crippen molar-refractivity contribution in [2.75, 3.05) is 6.54 Å². The molecule has 1 aliphatic heterocycles. The normalized spacial score (nSPS) is 25.2. The van der Waals surface area contributed by atoms with Crippen molar-refractivity contribution in [1.82, 2.24) is 4.90 Å². The summed E-state index contributed by atoms with van der Waals surface area (Å²) in [5.41, 5.74) is 0.352. The van der Waals surface area contributed by atoms with Crippen molar-refractivity contribution < 1.29 is 33.0 Å². The Balaban J connectivity index is 2.35. The van der Waals surface area contributed by atoms with E-state index in [1.807, 2.05) is 0 Å². The number of carboxylic acids is 1. The second kappa shape index (κ2) is 5.86. The number of halogens is 3. The fourth-order valence-electron chi connectivity index (χ4n) is 2.58. The summed E-state index contributed by atoms with van der Waals surface area (Å²) in [6.45, 7) is -1.49. The summed E-state index contributed by atoms with van der Waals surface area (Å²) in [5, 5.41) is 18.3. The van der Waals surface area contributed by atoms with Crippen LogP contribution < -0.4 is 0 Å². The number of aliphatic carboxylic acids is 1. The summed E-state index contributed by atoms with van der Waals surface area (Å²) in [6.07, 6.45) is 0.215. The van der Waals surface area contributed by atoms with Gasteiger partial charge in [-0.25, -0.2) is 0 Å². The minimum Gasteiger partial charge on any atom is -0.508 e. The van der Waals surface area contributed by atoms with Crippen molar-refractivity contribution in [1.29, 1.82) is 0 Å². The van der Waals surface area contributed by atoms with Crippen LogP contribution in [0.1, 0.15) is 12.8 Å². The number of amides is 1. The lowest BCUT2D eigenvalue weighted by molar-refractivity contribution is -0.159. The van der Waals surface area contributed by atoms with Crippen molar-refractivity contribution in [3.63, 3.8) is 0 Å². The van der Waals surface area contributed by atoms with E-state index in [0.29, 0.717) is 10.5 Å². The highest BCUT2D eigenvalue weighted by Crippen LogP contribution is 2.34. The maximum Gasteiger partial charge on any atom is 0.406 e. The quantitative estimate of drug-likeness (QED) is 0.838. The number of carbonyl (C=O) groups excluding carboxylic acids is 1. The molecule has 0 saturated heterocycles. The van der Waals surface area contributed by atoms with Gasteiger partial charge in [0.15, 0.2) is 0 Å². The Morgan fingerprint density at radius 3 is 2.68 bits per heavy atom. The number of aliphatic hydroxyl groups is 1. The first kappa shape index (κ1) is 16.1. The Labute approximate surface area is 124 Å². The molecular weight excluding hydrogens is 303 g/mol. The zero-order valence-electron chi connectivity index (χ0n) is 11.4. The fraction of sp³-hybridized carbons (Fsp3) is 0.429. The molecule has 5 nitrogen and oxygen atoms in total. The van der Waals surface area contributed by atoms with Crippen LogP contribution in [-0.4, -0.2) is 39.7 Å². The van der Waals surface area contributed by atoms with Crippen molar-refractivity contribution in [3.05, 3.63) is 35.8 Å². The van der Waals surface area contributed by atoms with E-state index in [4.69, 9.17) is 5.11 Å². The molecule has 8 heteroatoms. The lowest BCUT2D eigenvalue weighted by Gasteiger charge is -2.22. The SMILES string of the molecule is O=C(O)C[C@@H]1CC2C=CC(O)=CC2=CN(CC(F)(F)F)C1=O. The van der Waals surface area contributed by atoms with Gasteiger partial charge in [-0.1, -0.05) is 6.08 Å². The van der Waals surface area contributed by atoms with Gasteiger partial charge >= 0.3 is 12.1 Å². The number of carboxylic acid groups (broad SMARTS) is 1. The number of allylic oxidation sites excluding steroid dienone is 4. The van der Waals surface area contributed by atoms with Crippen LogP contribution in [0.3, 0.4) is 0 Å². The number of aliphatic hydroxyl groups excluding tert-OH is 1. The fourth-order valence-corrected chi connectivity index (χ4v) is 2.58. The van der Waals surface area contributed by atoms with Gasteiger partial charge in [-0.15, -0.1) is 0 Å². The molecule has 1 heterocycles. The Hall–Kier alpha value is -2.25. The first-order chi connectivity index (χ1) is 10.2. The zero-order valence-corrected chi connectivity index (χ0v) is 11.4. The minimum atomic E-state index is -4.60. The minimum absolute atomic E-state index is 0.0889. The number of nitrogens with zero attached hydrogens (tertiary/aromatic N) is 1. The smallest absolute Gasteiger partial charge is 0.406 e. The van der Waals surface area contributed by atoms with Gasteiger partial charge in [0.05, 0.1) is 6.42 Å². The third kappa shape index (κ3) is 3.90. The van der Waals surface area contributed by atoms with E-state index in [1.54, 1.807) is 6.08 Å². The van der Waals surface area contributed by atoms with Crippen LogP contribution in [0.15, 0.2) is 35.8 Å². The average Bonchev–Trinajstić information content (AvgIpc) is 2.47. The van der Waals surface area contributed by atoms with Gasteiger partial charge in [0.1, 0.15) is 12.3 Å². The van der Waals surface area contributed by atoms with E-state index in [2.05, 4.69) is 0 Å². The van der Waals surface area contributed by atoms with Crippen LogP contribution >= 0.6 is 0 Å². The summed E-state index contributed by atoms with van der Waals surface area (Å²) in [7, 11) is 0. The lowest BCUT2D eigenvalue weighted by atomic mass is 9.85. The molecule has 0 spiro atoms. The molecule has 0 radical (unpaired) electrons. The second-order valence-corrected chi connectivity index (χ2v) is 5.28. The largest absolute Gasteiger partial charge is 0.508 e. The molecule has 0 saturated carbocycles. The number of alkyl halides is 3. The molecule has 1 aliphatic carbocycles. The van der Waals surface area contributed by atoms with Crippen molar-refractivity contribution >= 4 is 11.9 Å². The van der Waals surface area contributed by atoms with E-state index in [0.717, 1.165) is 6.20 Å². The number of hydrogen-bond donors (Lipinski definition) is 2. The maximum absolute atomic E-state index is 12.6. The van der Waals surface area contributed by atoms with E-state index < -0.39 is 42.9 Å². The highest BCUT2D eigenvalue weighted by Gasteiger charge is 2.38. The van der Waals surface area contributed by atoms with E-state index in [1.165, 1.54) is 12.2 Å². The standard InChI is InChI=1S/C14H14F3NO4/c15-14(16,17)7-18-6-10-4-11(19)2-1-8(10)3-9(13(18)22)5-12(20)21/h1-2,4,6,8-9,19H,3,5,7H2,(H,20,21)/t8?,9-/m0/s1. The van der Waals surface area contributed by atoms with Crippen LogP contribution in [0.4, 0.5) is 13.2 Å². The van der Waals surface area contributed by atoms with Crippen molar-refractivity contribution in [3.8, 4) is 0 Å². The highest BCUT2D eigenvalue weighted by atomic mass is 19.4. The summed E-state index contributed by atoms with van der Waals surface area (Å²) in [6, 6.07) is 0. The molecule has 0 aromatic heterocycles. The predicted octanol–water partition coefficient (Wildman–Crippen LogP) is 2.38. The molecule has 2 aliphatic rings. The topological polar surface area (TPSA) is 77.8 Å². The summed E-state index contributed by atoms with van der Waals surface area (Å²) >= 11 is 0. The third-order valence-corrected chi connectivity index (χ3v) is 3.49. The molecule has 0 fully saturated rings. The first-order valence-corrected chi connectivity index (χ1v) is 6.55. The Morgan fingerprint density at radius 1 is 1.41 bits per heavy atom. The van der Waals surface area contributed by atoms with Gasteiger partial charge in [0, 0.05) is 18.0 Å². The number of fused-ring (bicyclic) bond motifs is 1. The van der Waals surface area contributed by atoms with Crippen LogP contribution in [0.2, 0.25) is 0 Å². The van der Waals surface area contributed by atoms with Crippen LogP contribution in [0.5, 0.6) is 0 Å². The summed E-state index contributed by atoms with van der Waals surface area (Å²) in [4.78, 5) is 23.5. The summed E-state index contributed by atoms with van der Waals surface area (Å²) < 4.78 is 37.9. The van der Waals surface area contributed by atoms with E-state index in [9.17, 15) is 27.9 Å². The summed E-state index contributed by atoms with van der Waals surface area (Å²) in [5.74, 6) is -3.69. The second-order valence-electron chi connectivity index (χ2n) is 5.28. The Bertz CT molecular complexity index is 577. The van der Waals surface area contributed by atoms with Gasteiger partial charge in [-0.3, -0.25) is 9.59 Å². The van der Waals surface area contributed by atoms with Gasteiger partial charge in [-0.05, 0) is 24.1 Å². The van der Waals surface area contributed by atoms with Gasteiger partial charge in [-0.2, -0.15) is 13.2 Å². The number of carbonyl (C=O) groups is 2. The maximum atomic E-state index is 12.6. The molecule has 2 N–H and O–H groups in total. The molecular formula is C14H14F3NO4. The monoisotopic (exact) mass is 317 g/mol. The molecule has 0 bridgehead atoms. The molecule has 22 heavy (non-hydrogen) atoms. The van der Waals surface area contributed by atoms with Gasteiger partial charge in [0.25, 0.3) is 0 Å². The van der Waals surface area contributed by atoms with E-state index in [-0.39, 0.29) is 12.2 Å². The van der Waals surface area contributed by atoms with Crippen molar-refractivity contribution in [2.24, 2.45) is 11.8 Å². The van der Waals surface area contributed by atoms with Crippen molar-refractivity contribution in [2.45, 2.75) is 19.0 Å². The lowest BCUT2D eigenvalue weighted by Crippen LogP contribution is -2.38. The van der Waals surface area contributed by atoms with Crippen LogP contribution in [0, 0.1) is 11.8 Å². The Kier molecular flexibility index (Phi) is 4.30. The average molecular weight is 317 g/mol. The molecule has 2 rings (SSSR count). The number of hydrogen-bond acceptors (Lipinski definition) is 3. The number of rotatable bonds is 3. The molecule has 120 valence electrons. The van der Waals surface area contributed by atoms with Gasteiger partial charge in [0.2, 0.25) is 5.91 Å². The zero-order chi connectivity index (χ0) is 16.5. The van der Waals surface area contributed by atoms with E-state index >= 15 is 0 Å². The molecule has 1 unspecified atom stereocenters. The Morgan fingerprint density at radius 2 is 2.09 bits per heavy atom. The molecule has 0 aromatic rings. The molecule has 2 atom stereocenters. The third-order valence-electron chi connectivity index (χ3n) is 3.49. The van der Waals surface area contributed by atoms with Crippen LogP contribution in [0.25, 0.3) is 0 Å². The van der Waals surface area contributed by atoms with Crippen LogP contribution in [-0.2, 0) is 9.59 Å². The predicted molar refractivity (Wildman–Crippen MR) is 69.6 cm³/mol. The molecule has 0 aromatic carbocycles.